The Balaban J connectivity index is 2.28. The number of hydrogen-bond donors (Lipinski definition) is 1. The highest BCUT2D eigenvalue weighted by Gasteiger charge is 2.11. The Morgan fingerprint density at radius 3 is 2.58 bits per heavy atom. The van der Waals surface area contributed by atoms with Gasteiger partial charge in [-0.1, -0.05) is 23.2 Å². The molecule has 2 N–H and O–H groups in total. The molecule has 0 saturated heterocycles. The molecule has 1 atom stereocenters. The summed E-state index contributed by atoms with van der Waals surface area (Å²) in [6, 6.07) is 10.5. The number of hydrogen-bond acceptors (Lipinski definition) is 2. The van der Waals surface area contributed by atoms with Crippen molar-refractivity contribution in [1.82, 2.24) is 0 Å². The summed E-state index contributed by atoms with van der Waals surface area (Å²) in [5, 5.41) is 1.16. The number of anilines is 1. The molecule has 1 unspecified atom stereocenters. The minimum absolute atomic E-state index is 0.337. The average molecular weight is 314 g/mol. The predicted molar refractivity (Wildman–Crippen MR) is 82.2 cm³/mol. The third-order valence-corrected chi connectivity index (χ3v) is 4.86. The second-order valence-electron chi connectivity index (χ2n) is 4.25. The van der Waals surface area contributed by atoms with Gasteiger partial charge in [0, 0.05) is 20.6 Å². The number of halogens is 2. The van der Waals surface area contributed by atoms with E-state index in [0.29, 0.717) is 21.5 Å². The van der Waals surface area contributed by atoms with Crippen LogP contribution in [0.3, 0.4) is 0 Å². The van der Waals surface area contributed by atoms with Gasteiger partial charge in [0.05, 0.1) is 16.6 Å². The molecule has 0 bridgehead atoms. The lowest BCUT2D eigenvalue weighted by molar-refractivity contribution is 0.682. The van der Waals surface area contributed by atoms with Crippen molar-refractivity contribution < 1.29 is 4.21 Å². The topological polar surface area (TPSA) is 43.1 Å². The van der Waals surface area contributed by atoms with Gasteiger partial charge in [-0.05, 0) is 54.4 Å². The second-order valence-corrected chi connectivity index (χ2v) is 6.51. The lowest BCUT2D eigenvalue weighted by atomic mass is 10.2. The van der Waals surface area contributed by atoms with Gasteiger partial charge >= 0.3 is 0 Å². The van der Waals surface area contributed by atoms with Crippen molar-refractivity contribution in [2.75, 3.05) is 5.73 Å². The van der Waals surface area contributed by atoms with Crippen LogP contribution in [-0.2, 0) is 16.6 Å². The third-order valence-electron chi connectivity index (χ3n) is 2.74. The molecule has 19 heavy (non-hydrogen) atoms. The Labute approximate surface area is 125 Å². The highest BCUT2D eigenvalue weighted by atomic mass is 35.5. The zero-order chi connectivity index (χ0) is 14.0. The Hall–Kier alpha value is -1.03. The first-order valence-electron chi connectivity index (χ1n) is 5.66. The molecule has 0 aliphatic carbocycles. The Kier molecular flexibility index (Phi) is 4.50. The summed E-state index contributed by atoms with van der Waals surface area (Å²) in [7, 11) is -1.17. The van der Waals surface area contributed by atoms with E-state index >= 15 is 0 Å². The molecule has 0 fully saturated rings. The number of benzene rings is 2. The largest absolute Gasteiger partial charge is 0.399 e. The Morgan fingerprint density at radius 1 is 1.16 bits per heavy atom. The standard InChI is InChI=1S/C14H13Cl2NOS/c1-9-6-12(17)3-5-14(9)19(18)8-10-7-11(15)2-4-13(10)16/h2-7H,8,17H2,1H3. The van der Waals surface area contributed by atoms with E-state index in [4.69, 9.17) is 28.9 Å². The highest BCUT2D eigenvalue weighted by molar-refractivity contribution is 7.84. The molecule has 0 aliphatic heterocycles. The molecule has 0 radical (unpaired) electrons. The monoisotopic (exact) mass is 313 g/mol. The van der Waals surface area contributed by atoms with Gasteiger partial charge in [-0.2, -0.15) is 0 Å². The minimum atomic E-state index is -1.17. The molecule has 2 rings (SSSR count). The molecule has 0 amide bonds. The summed E-state index contributed by atoms with van der Waals surface area (Å²) in [5.41, 5.74) is 8.05. The van der Waals surface area contributed by atoms with Gasteiger partial charge in [0.1, 0.15) is 0 Å². The quantitative estimate of drug-likeness (QED) is 0.863. The van der Waals surface area contributed by atoms with Crippen molar-refractivity contribution in [3.63, 3.8) is 0 Å². The maximum atomic E-state index is 12.4. The van der Waals surface area contributed by atoms with E-state index in [1.165, 1.54) is 0 Å². The van der Waals surface area contributed by atoms with Crippen LogP contribution in [0.25, 0.3) is 0 Å². The number of nitrogen functional groups attached to an aromatic ring is 1. The van der Waals surface area contributed by atoms with Crippen LogP contribution in [0.2, 0.25) is 10.0 Å². The smallest absolute Gasteiger partial charge is 0.0577 e. The van der Waals surface area contributed by atoms with Crippen LogP contribution in [0.5, 0.6) is 0 Å². The average Bonchev–Trinajstić information content (AvgIpc) is 2.33. The van der Waals surface area contributed by atoms with E-state index in [1.807, 2.05) is 13.0 Å². The summed E-state index contributed by atoms with van der Waals surface area (Å²) < 4.78 is 12.4. The van der Waals surface area contributed by atoms with Gasteiger partial charge in [0.2, 0.25) is 0 Å². The Morgan fingerprint density at radius 2 is 1.89 bits per heavy atom. The lowest BCUT2D eigenvalue weighted by Gasteiger charge is -2.08. The van der Waals surface area contributed by atoms with Gasteiger partial charge in [0.25, 0.3) is 0 Å². The van der Waals surface area contributed by atoms with Gasteiger partial charge in [0.15, 0.2) is 0 Å². The van der Waals surface area contributed by atoms with Crippen LogP contribution >= 0.6 is 23.2 Å². The normalized spacial score (nSPS) is 12.4. The summed E-state index contributed by atoms with van der Waals surface area (Å²) in [6.45, 7) is 1.89. The fourth-order valence-corrected chi connectivity index (χ4v) is 3.57. The maximum absolute atomic E-state index is 12.4. The zero-order valence-corrected chi connectivity index (χ0v) is 12.6. The molecule has 2 aromatic rings. The van der Waals surface area contributed by atoms with E-state index in [9.17, 15) is 4.21 Å². The van der Waals surface area contributed by atoms with E-state index in [1.54, 1.807) is 30.3 Å². The molecule has 0 saturated carbocycles. The van der Waals surface area contributed by atoms with Gasteiger partial charge in [-0.3, -0.25) is 4.21 Å². The fraction of sp³-hybridized carbons (Fsp3) is 0.143. The van der Waals surface area contributed by atoms with Crippen LogP contribution in [0.1, 0.15) is 11.1 Å². The lowest BCUT2D eigenvalue weighted by Crippen LogP contribution is -2.00. The second kappa shape index (κ2) is 5.95. The number of aryl methyl sites for hydroxylation is 1. The third kappa shape index (κ3) is 3.50. The fourth-order valence-electron chi connectivity index (χ4n) is 1.80. The molecule has 5 heteroatoms. The van der Waals surface area contributed by atoms with E-state index < -0.39 is 10.8 Å². The van der Waals surface area contributed by atoms with Crippen LogP contribution in [-0.4, -0.2) is 4.21 Å². The summed E-state index contributed by atoms with van der Waals surface area (Å²) >= 11 is 12.0. The maximum Gasteiger partial charge on any atom is 0.0577 e. The van der Waals surface area contributed by atoms with Gasteiger partial charge in [-0.25, -0.2) is 0 Å². The van der Waals surface area contributed by atoms with Crippen molar-refractivity contribution in [2.45, 2.75) is 17.6 Å². The van der Waals surface area contributed by atoms with Crippen molar-refractivity contribution in [3.8, 4) is 0 Å². The first kappa shape index (κ1) is 14.4. The summed E-state index contributed by atoms with van der Waals surface area (Å²) in [6.07, 6.45) is 0. The number of nitrogens with two attached hydrogens (primary N) is 1. The van der Waals surface area contributed by atoms with Crippen molar-refractivity contribution >= 4 is 39.7 Å². The molecular weight excluding hydrogens is 301 g/mol. The van der Waals surface area contributed by atoms with Crippen molar-refractivity contribution in [2.24, 2.45) is 0 Å². The molecule has 0 aromatic heterocycles. The van der Waals surface area contributed by atoms with E-state index in [0.717, 1.165) is 16.0 Å². The van der Waals surface area contributed by atoms with Gasteiger partial charge in [-0.15, -0.1) is 0 Å². The molecule has 2 nitrogen and oxygen atoms in total. The van der Waals surface area contributed by atoms with Crippen LogP contribution in [0, 0.1) is 6.92 Å². The Bertz CT molecular complexity index is 643. The molecule has 100 valence electrons. The SMILES string of the molecule is Cc1cc(N)ccc1S(=O)Cc1cc(Cl)ccc1Cl. The summed E-state index contributed by atoms with van der Waals surface area (Å²) in [4.78, 5) is 0.769. The van der Waals surface area contributed by atoms with E-state index in [-0.39, 0.29) is 0 Å². The zero-order valence-electron chi connectivity index (χ0n) is 10.3. The van der Waals surface area contributed by atoms with Crippen molar-refractivity contribution in [3.05, 3.63) is 57.6 Å². The van der Waals surface area contributed by atoms with Crippen LogP contribution < -0.4 is 5.73 Å². The first-order valence-corrected chi connectivity index (χ1v) is 7.73. The predicted octanol–water partition coefficient (Wildman–Crippen LogP) is 4.19. The van der Waals surface area contributed by atoms with E-state index in [2.05, 4.69) is 0 Å². The van der Waals surface area contributed by atoms with Crippen LogP contribution in [0.4, 0.5) is 5.69 Å². The van der Waals surface area contributed by atoms with Crippen molar-refractivity contribution in [1.29, 1.82) is 0 Å². The highest BCUT2D eigenvalue weighted by Crippen LogP contribution is 2.25. The van der Waals surface area contributed by atoms with Crippen LogP contribution in [0.15, 0.2) is 41.3 Å². The first-order chi connectivity index (χ1) is 8.97. The summed E-state index contributed by atoms with van der Waals surface area (Å²) in [5.74, 6) is 0.337. The molecule has 0 heterocycles. The molecular formula is C14H13Cl2NOS. The molecule has 2 aromatic carbocycles. The molecule has 0 aliphatic rings. The van der Waals surface area contributed by atoms with Gasteiger partial charge < -0.3 is 5.73 Å². The number of rotatable bonds is 3. The molecule has 0 spiro atoms. The minimum Gasteiger partial charge on any atom is -0.399 e.